The lowest BCUT2D eigenvalue weighted by Crippen LogP contribution is -2.32. The highest BCUT2D eigenvalue weighted by atomic mass is 19.1. The highest BCUT2D eigenvalue weighted by Crippen LogP contribution is 2.15. The number of allylic oxidation sites excluding steroid dienone is 1. The first kappa shape index (κ1) is 17.9. The molecule has 2 aromatic rings. The molecule has 0 unspecified atom stereocenters. The molecule has 1 aliphatic heterocycles. The fourth-order valence-electron chi connectivity index (χ4n) is 2.76. The highest BCUT2D eigenvalue weighted by Gasteiger charge is 2.18. The minimum absolute atomic E-state index is 0.00937. The van der Waals surface area contributed by atoms with E-state index in [4.69, 9.17) is 4.74 Å². The minimum atomic E-state index is -0.313. The maximum atomic E-state index is 12.9. The SMILES string of the molecule is O=C(/C=C/c1ccc(F)cc1)c1ccc(OCC(=O)N2CCCC2)cc1. The Balaban J connectivity index is 1.53. The molecule has 26 heavy (non-hydrogen) atoms. The molecular formula is C21H20FNO3. The predicted octanol–water partition coefficient (Wildman–Crippen LogP) is 3.72. The molecule has 0 atom stereocenters. The molecule has 1 amide bonds. The fraction of sp³-hybridized carbons (Fsp3) is 0.238. The van der Waals surface area contributed by atoms with E-state index in [1.54, 1.807) is 47.4 Å². The zero-order valence-corrected chi connectivity index (χ0v) is 14.4. The summed E-state index contributed by atoms with van der Waals surface area (Å²) in [6, 6.07) is 12.6. The van der Waals surface area contributed by atoms with Gasteiger partial charge < -0.3 is 9.64 Å². The zero-order valence-electron chi connectivity index (χ0n) is 14.4. The van der Waals surface area contributed by atoms with Crippen LogP contribution in [0.15, 0.2) is 54.6 Å². The van der Waals surface area contributed by atoms with Gasteiger partial charge in [-0.15, -0.1) is 0 Å². The van der Waals surface area contributed by atoms with Crippen molar-refractivity contribution in [3.63, 3.8) is 0 Å². The molecule has 3 rings (SSSR count). The van der Waals surface area contributed by atoms with Crippen LogP contribution in [0.3, 0.4) is 0 Å². The molecule has 0 bridgehead atoms. The maximum Gasteiger partial charge on any atom is 0.260 e. The molecule has 0 radical (unpaired) electrons. The van der Waals surface area contributed by atoms with Crippen molar-refractivity contribution in [3.8, 4) is 5.75 Å². The van der Waals surface area contributed by atoms with Gasteiger partial charge in [0.1, 0.15) is 11.6 Å². The molecular weight excluding hydrogens is 333 g/mol. The number of nitrogens with zero attached hydrogens (tertiary/aromatic N) is 1. The second-order valence-corrected chi connectivity index (χ2v) is 6.15. The molecule has 1 fully saturated rings. The van der Waals surface area contributed by atoms with Gasteiger partial charge in [-0.25, -0.2) is 4.39 Å². The number of ether oxygens (including phenoxy) is 1. The van der Waals surface area contributed by atoms with Gasteiger partial charge in [-0.1, -0.05) is 18.2 Å². The molecule has 1 saturated heterocycles. The average Bonchev–Trinajstić information content (AvgIpc) is 3.21. The number of ketones is 1. The smallest absolute Gasteiger partial charge is 0.260 e. The van der Waals surface area contributed by atoms with Crippen molar-refractivity contribution in [2.75, 3.05) is 19.7 Å². The minimum Gasteiger partial charge on any atom is -0.484 e. The first-order chi connectivity index (χ1) is 12.6. The number of rotatable bonds is 6. The van der Waals surface area contributed by atoms with Crippen molar-refractivity contribution in [2.24, 2.45) is 0 Å². The summed E-state index contributed by atoms with van der Waals surface area (Å²) in [6.07, 6.45) is 5.18. The van der Waals surface area contributed by atoms with Gasteiger partial charge in [0, 0.05) is 18.7 Å². The molecule has 0 spiro atoms. The van der Waals surface area contributed by atoms with E-state index in [0.29, 0.717) is 11.3 Å². The molecule has 0 N–H and O–H groups in total. The first-order valence-corrected chi connectivity index (χ1v) is 8.60. The van der Waals surface area contributed by atoms with Crippen LogP contribution in [0.5, 0.6) is 5.75 Å². The van der Waals surface area contributed by atoms with Crippen LogP contribution in [0.4, 0.5) is 4.39 Å². The molecule has 5 heteroatoms. The summed E-state index contributed by atoms with van der Waals surface area (Å²) in [7, 11) is 0. The molecule has 134 valence electrons. The number of carbonyl (C=O) groups excluding carboxylic acids is 2. The van der Waals surface area contributed by atoms with Crippen LogP contribution >= 0.6 is 0 Å². The Labute approximate surface area is 151 Å². The van der Waals surface area contributed by atoms with Crippen LogP contribution in [0.25, 0.3) is 6.08 Å². The van der Waals surface area contributed by atoms with Crippen molar-refractivity contribution in [1.82, 2.24) is 4.90 Å². The van der Waals surface area contributed by atoms with Gasteiger partial charge in [0.25, 0.3) is 5.91 Å². The first-order valence-electron chi connectivity index (χ1n) is 8.60. The lowest BCUT2D eigenvalue weighted by molar-refractivity contribution is -0.132. The number of halogens is 1. The standard InChI is InChI=1S/C21H20FNO3/c22-18-8-3-16(4-9-18)5-12-20(24)17-6-10-19(11-7-17)26-15-21(25)23-13-1-2-14-23/h3-12H,1-2,13-15H2/b12-5+. The van der Waals surface area contributed by atoms with Gasteiger partial charge >= 0.3 is 0 Å². The third-order valence-corrected chi connectivity index (χ3v) is 4.26. The van der Waals surface area contributed by atoms with Crippen LogP contribution < -0.4 is 4.74 Å². The monoisotopic (exact) mass is 353 g/mol. The molecule has 1 aliphatic rings. The number of hydrogen-bond donors (Lipinski definition) is 0. The second kappa shape index (κ2) is 8.43. The quantitative estimate of drug-likeness (QED) is 0.587. The summed E-state index contributed by atoms with van der Waals surface area (Å²) in [5.41, 5.74) is 1.27. The van der Waals surface area contributed by atoms with Crippen LogP contribution in [-0.2, 0) is 4.79 Å². The van der Waals surface area contributed by atoms with Gasteiger partial charge in [-0.3, -0.25) is 9.59 Å². The van der Waals surface area contributed by atoms with Gasteiger partial charge in [0.2, 0.25) is 0 Å². The summed E-state index contributed by atoms with van der Waals surface area (Å²) in [5.74, 6) is 0.0720. The van der Waals surface area contributed by atoms with E-state index in [1.165, 1.54) is 18.2 Å². The van der Waals surface area contributed by atoms with Crippen molar-refractivity contribution in [1.29, 1.82) is 0 Å². The van der Waals surface area contributed by atoms with Crippen LogP contribution in [0, 0.1) is 5.82 Å². The second-order valence-electron chi connectivity index (χ2n) is 6.15. The highest BCUT2D eigenvalue weighted by molar-refractivity contribution is 6.06. The number of amides is 1. The van der Waals surface area contributed by atoms with Gasteiger partial charge in [0.15, 0.2) is 12.4 Å². The number of hydrogen-bond acceptors (Lipinski definition) is 3. The third kappa shape index (κ3) is 4.79. The van der Waals surface area contributed by atoms with E-state index in [2.05, 4.69) is 0 Å². The molecule has 1 heterocycles. The largest absolute Gasteiger partial charge is 0.484 e. The van der Waals surface area contributed by atoms with E-state index >= 15 is 0 Å². The number of carbonyl (C=O) groups is 2. The Kier molecular flexibility index (Phi) is 5.79. The van der Waals surface area contributed by atoms with Gasteiger partial charge in [-0.05, 0) is 60.9 Å². The normalized spacial score (nSPS) is 14.0. The van der Waals surface area contributed by atoms with Gasteiger partial charge in [0.05, 0.1) is 0 Å². The number of benzene rings is 2. The summed E-state index contributed by atoms with van der Waals surface area (Å²) < 4.78 is 18.4. The molecule has 2 aromatic carbocycles. The Morgan fingerprint density at radius 1 is 1.00 bits per heavy atom. The summed E-state index contributed by atoms with van der Waals surface area (Å²) in [4.78, 5) is 25.9. The molecule has 0 saturated carbocycles. The van der Waals surface area contributed by atoms with Crippen LogP contribution in [-0.4, -0.2) is 36.3 Å². The van der Waals surface area contributed by atoms with Crippen molar-refractivity contribution < 1.29 is 18.7 Å². The Morgan fingerprint density at radius 2 is 1.65 bits per heavy atom. The maximum absolute atomic E-state index is 12.9. The Bertz CT molecular complexity index is 791. The number of likely N-dealkylation sites (tertiary alicyclic amines) is 1. The lowest BCUT2D eigenvalue weighted by Gasteiger charge is -2.15. The van der Waals surface area contributed by atoms with E-state index in [9.17, 15) is 14.0 Å². The Hall–Kier alpha value is -2.95. The Morgan fingerprint density at radius 3 is 2.31 bits per heavy atom. The fourth-order valence-corrected chi connectivity index (χ4v) is 2.76. The van der Waals surface area contributed by atoms with E-state index in [0.717, 1.165) is 31.5 Å². The van der Waals surface area contributed by atoms with Crippen molar-refractivity contribution >= 4 is 17.8 Å². The molecule has 4 nitrogen and oxygen atoms in total. The van der Waals surface area contributed by atoms with Crippen molar-refractivity contribution in [2.45, 2.75) is 12.8 Å². The predicted molar refractivity (Wildman–Crippen MR) is 97.5 cm³/mol. The molecule has 0 aromatic heterocycles. The topological polar surface area (TPSA) is 46.6 Å². The van der Waals surface area contributed by atoms with Crippen LogP contribution in [0.1, 0.15) is 28.8 Å². The lowest BCUT2D eigenvalue weighted by atomic mass is 10.1. The summed E-state index contributed by atoms with van der Waals surface area (Å²) in [5, 5.41) is 0. The average molecular weight is 353 g/mol. The van der Waals surface area contributed by atoms with Gasteiger partial charge in [-0.2, -0.15) is 0 Å². The van der Waals surface area contributed by atoms with Crippen LogP contribution in [0.2, 0.25) is 0 Å². The van der Waals surface area contributed by atoms with E-state index < -0.39 is 0 Å². The third-order valence-electron chi connectivity index (χ3n) is 4.26. The zero-order chi connectivity index (χ0) is 18.4. The summed E-state index contributed by atoms with van der Waals surface area (Å²) >= 11 is 0. The van der Waals surface area contributed by atoms with Crippen molar-refractivity contribution in [3.05, 3.63) is 71.6 Å². The summed E-state index contributed by atoms with van der Waals surface area (Å²) in [6.45, 7) is 1.61. The molecule has 0 aliphatic carbocycles. The van der Waals surface area contributed by atoms with E-state index in [1.807, 2.05) is 0 Å². The van der Waals surface area contributed by atoms with E-state index in [-0.39, 0.29) is 24.1 Å².